The van der Waals surface area contributed by atoms with E-state index in [1.165, 1.54) is 0 Å². The Bertz CT molecular complexity index is 812. The first-order valence-electron chi connectivity index (χ1n) is 6.51. The van der Waals surface area contributed by atoms with Gasteiger partial charge >= 0.3 is 5.97 Å². The molecule has 0 radical (unpaired) electrons. The number of aromatic amines is 1. The summed E-state index contributed by atoms with van der Waals surface area (Å²) in [5.74, 6) is -0.406. The fourth-order valence-corrected chi connectivity index (χ4v) is 2.40. The first-order valence-corrected chi connectivity index (χ1v) is 6.51. The number of esters is 1. The van der Waals surface area contributed by atoms with Gasteiger partial charge in [0.25, 0.3) is 0 Å². The molecule has 0 aliphatic rings. The van der Waals surface area contributed by atoms with E-state index in [9.17, 15) is 4.79 Å². The van der Waals surface area contributed by atoms with Gasteiger partial charge in [0.15, 0.2) is 6.20 Å². The Morgan fingerprint density at radius 2 is 2.00 bits per heavy atom. The van der Waals surface area contributed by atoms with Crippen LogP contribution in [-0.2, 0) is 4.74 Å². The molecule has 0 saturated carbocycles. The molecule has 4 heteroatoms. The second kappa shape index (κ2) is 4.81. The van der Waals surface area contributed by atoms with Crippen molar-refractivity contribution in [2.45, 2.75) is 6.92 Å². The summed E-state index contributed by atoms with van der Waals surface area (Å²) in [5.41, 5.74) is 7.86. The van der Waals surface area contributed by atoms with Crippen molar-refractivity contribution in [1.29, 1.82) is 0 Å². The molecule has 0 aliphatic carbocycles. The number of nitrogens with one attached hydrogen (secondary N) is 1. The van der Waals surface area contributed by atoms with Gasteiger partial charge in [0, 0.05) is 0 Å². The van der Waals surface area contributed by atoms with E-state index in [1.807, 2.05) is 36.4 Å². The molecule has 0 atom stereocenters. The largest absolute Gasteiger partial charge is 0.462 e. The highest BCUT2D eigenvalue weighted by atomic mass is 16.5. The third kappa shape index (κ3) is 1.86. The summed E-state index contributed by atoms with van der Waals surface area (Å²) in [6, 6.07) is 12.0. The van der Waals surface area contributed by atoms with Crippen LogP contribution in [0.2, 0.25) is 0 Å². The first-order chi connectivity index (χ1) is 9.72. The highest BCUT2D eigenvalue weighted by Crippen LogP contribution is 2.27. The van der Waals surface area contributed by atoms with Crippen molar-refractivity contribution in [2.24, 2.45) is 0 Å². The molecular weight excluding hydrogens is 252 g/mol. The molecule has 20 heavy (non-hydrogen) atoms. The summed E-state index contributed by atoms with van der Waals surface area (Å²) in [6.45, 7) is 2.10. The molecule has 0 amide bonds. The van der Waals surface area contributed by atoms with Crippen LogP contribution in [0.25, 0.3) is 21.7 Å². The van der Waals surface area contributed by atoms with E-state index in [0.29, 0.717) is 17.9 Å². The Labute approximate surface area is 116 Å². The Kier molecular flexibility index (Phi) is 2.99. The quantitative estimate of drug-likeness (QED) is 0.573. The van der Waals surface area contributed by atoms with Crippen molar-refractivity contribution < 1.29 is 14.5 Å². The molecule has 4 nitrogen and oxygen atoms in total. The fraction of sp³-hybridized carbons (Fsp3) is 0.125. The summed E-state index contributed by atoms with van der Waals surface area (Å²) in [5, 5.41) is 3.03. The van der Waals surface area contributed by atoms with E-state index in [2.05, 4.69) is 4.98 Å². The van der Waals surface area contributed by atoms with Crippen molar-refractivity contribution in [1.82, 2.24) is 0 Å². The normalized spacial score (nSPS) is 10.8. The number of nitrogens with two attached hydrogens (primary N) is 1. The zero-order valence-corrected chi connectivity index (χ0v) is 11.1. The van der Waals surface area contributed by atoms with Gasteiger partial charge in [0.05, 0.1) is 23.1 Å². The van der Waals surface area contributed by atoms with Crippen LogP contribution in [0, 0.1) is 0 Å². The van der Waals surface area contributed by atoms with Crippen molar-refractivity contribution in [3.63, 3.8) is 0 Å². The molecule has 0 aliphatic heterocycles. The average molecular weight is 267 g/mol. The van der Waals surface area contributed by atoms with Gasteiger partial charge in [0.2, 0.25) is 5.52 Å². The molecule has 3 N–H and O–H groups in total. The molecule has 0 fully saturated rings. The van der Waals surface area contributed by atoms with Crippen LogP contribution >= 0.6 is 0 Å². The lowest BCUT2D eigenvalue weighted by Gasteiger charge is -2.06. The molecule has 1 aromatic heterocycles. The number of H-pyrrole nitrogens is 1. The maximum Gasteiger partial charge on any atom is 0.346 e. The number of anilines is 1. The van der Waals surface area contributed by atoms with Crippen LogP contribution < -0.4 is 10.7 Å². The van der Waals surface area contributed by atoms with E-state index in [4.69, 9.17) is 10.5 Å². The Balaban J connectivity index is 2.28. The van der Waals surface area contributed by atoms with E-state index < -0.39 is 5.97 Å². The van der Waals surface area contributed by atoms with Gasteiger partial charge in [-0.1, -0.05) is 24.3 Å². The standard InChI is InChI=1S/C16H14N2O2/c1-2-20-16(19)13-9-18-15-11-6-4-3-5-10(11)7-8-12(15)14(13)17/h3-9H,2H2,1H3,(H2,17,18)/p+1. The zero-order chi connectivity index (χ0) is 14.1. The molecule has 3 aromatic rings. The van der Waals surface area contributed by atoms with Crippen LogP contribution in [0.1, 0.15) is 17.3 Å². The number of benzene rings is 2. The predicted octanol–water partition coefficient (Wildman–Crippen LogP) is 2.57. The average Bonchev–Trinajstić information content (AvgIpc) is 2.47. The summed E-state index contributed by atoms with van der Waals surface area (Å²) in [6.07, 6.45) is 1.61. The first kappa shape index (κ1) is 12.4. The Morgan fingerprint density at radius 1 is 1.20 bits per heavy atom. The van der Waals surface area contributed by atoms with Crippen LogP contribution in [0.4, 0.5) is 5.69 Å². The number of hydrogen-bond acceptors (Lipinski definition) is 3. The molecule has 3 rings (SSSR count). The Morgan fingerprint density at radius 3 is 2.80 bits per heavy atom. The summed E-state index contributed by atoms with van der Waals surface area (Å²) in [7, 11) is 0. The maximum atomic E-state index is 11.9. The van der Waals surface area contributed by atoms with E-state index in [1.54, 1.807) is 13.1 Å². The predicted molar refractivity (Wildman–Crippen MR) is 78.4 cm³/mol. The van der Waals surface area contributed by atoms with Gasteiger partial charge in [0.1, 0.15) is 5.56 Å². The summed E-state index contributed by atoms with van der Waals surface area (Å²) in [4.78, 5) is 15.0. The molecule has 100 valence electrons. The number of rotatable bonds is 2. The van der Waals surface area contributed by atoms with E-state index >= 15 is 0 Å². The van der Waals surface area contributed by atoms with Crippen molar-refractivity contribution in [3.8, 4) is 0 Å². The number of nitrogen functional groups attached to an aromatic ring is 1. The molecule has 0 saturated heterocycles. The zero-order valence-electron chi connectivity index (χ0n) is 11.1. The van der Waals surface area contributed by atoms with Gasteiger partial charge in [-0.15, -0.1) is 0 Å². The highest BCUT2D eigenvalue weighted by Gasteiger charge is 2.19. The van der Waals surface area contributed by atoms with Crippen LogP contribution in [-0.4, -0.2) is 12.6 Å². The van der Waals surface area contributed by atoms with Crippen molar-refractivity contribution in [2.75, 3.05) is 12.3 Å². The number of aromatic nitrogens is 1. The van der Waals surface area contributed by atoms with Crippen LogP contribution in [0.15, 0.2) is 42.6 Å². The lowest BCUT2D eigenvalue weighted by atomic mass is 10.0. The third-order valence-electron chi connectivity index (χ3n) is 3.37. The fourth-order valence-electron chi connectivity index (χ4n) is 2.40. The summed E-state index contributed by atoms with van der Waals surface area (Å²) >= 11 is 0. The second-order valence-electron chi connectivity index (χ2n) is 4.55. The maximum absolute atomic E-state index is 11.9. The lowest BCUT2D eigenvalue weighted by molar-refractivity contribution is -0.343. The van der Waals surface area contributed by atoms with Crippen LogP contribution in [0.5, 0.6) is 0 Å². The highest BCUT2D eigenvalue weighted by molar-refractivity contribution is 6.10. The van der Waals surface area contributed by atoms with Crippen LogP contribution in [0.3, 0.4) is 0 Å². The Hall–Kier alpha value is -2.62. The topological polar surface area (TPSA) is 66.5 Å². The van der Waals surface area contributed by atoms with Gasteiger partial charge < -0.3 is 10.5 Å². The number of carbonyl (C=O) groups excluding carboxylic acids is 1. The van der Waals surface area contributed by atoms with Gasteiger partial charge in [-0.2, -0.15) is 0 Å². The van der Waals surface area contributed by atoms with Gasteiger partial charge in [-0.25, -0.2) is 9.78 Å². The van der Waals surface area contributed by atoms with Crippen molar-refractivity contribution in [3.05, 3.63) is 48.2 Å². The molecular formula is C16H15N2O2+. The molecule has 2 aromatic carbocycles. The minimum absolute atomic E-state index is 0.327. The molecule has 1 heterocycles. The summed E-state index contributed by atoms with van der Waals surface area (Å²) < 4.78 is 5.01. The van der Waals surface area contributed by atoms with E-state index in [0.717, 1.165) is 21.7 Å². The number of carbonyl (C=O) groups is 1. The van der Waals surface area contributed by atoms with Gasteiger partial charge in [-0.05, 0) is 24.4 Å². The van der Waals surface area contributed by atoms with E-state index in [-0.39, 0.29) is 0 Å². The smallest absolute Gasteiger partial charge is 0.346 e. The van der Waals surface area contributed by atoms with Crippen molar-refractivity contribution >= 4 is 33.3 Å². The minimum atomic E-state index is -0.406. The number of hydrogen-bond donors (Lipinski definition) is 1. The second-order valence-corrected chi connectivity index (χ2v) is 4.55. The third-order valence-corrected chi connectivity index (χ3v) is 3.37. The SMILES string of the molecule is CCOC(=O)c1c[nH+]c2c(ccc3ccccc32)c1N. The molecule has 0 spiro atoms. The number of fused-ring (bicyclic) bond motifs is 3. The van der Waals surface area contributed by atoms with Gasteiger partial charge in [-0.3, -0.25) is 0 Å². The lowest BCUT2D eigenvalue weighted by Crippen LogP contribution is -2.15. The molecule has 0 bridgehead atoms. The minimum Gasteiger partial charge on any atom is -0.462 e. The molecule has 0 unspecified atom stereocenters. The number of ether oxygens (including phenoxy) is 1. The monoisotopic (exact) mass is 267 g/mol. The number of pyridine rings is 1.